The van der Waals surface area contributed by atoms with Crippen molar-refractivity contribution in [3.05, 3.63) is 65.2 Å². The Kier molecular flexibility index (Phi) is 5.85. The van der Waals surface area contributed by atoms with Gasteiger partial charge in [0.25, 0.3) is 0 Å². The number of hydrogen-bond donors (Lipinski definition) is 1. The maximum absolute atomic E-state index is 12.4. The second-order valence-electron chi connectivity index (χ2n) is 5.41. The van der Waals surface area contributed by atoms with Gasteiger partial charge in [-0.2, -0.15) is 0 Å². The summed E-state index contributed by atoms with van der Waals surface area (Å²) in [5.74, 6) is -0.376. The topological polar surface area (TPSA) is 66.5 Å². The Morgan fingerprint density at radius 2 is 1.71 bits per heavy atom. The summed E-state index contributed by atoms with van der Waals surface area (Å²) in [7, 11) is -3.63. The van der Waals surface area contributed by atoms with E-state index in [1.165, 1.54) is 0 Å². The molecule has 7 heteroatoms. The van der Waals surface area contributed by atoms with Crippen LogP contribution in [0.15, 0.2) is 54.6 Å². The molecule has 1 unspecified atom stereocenters. The number of benzene rings is 2. The lowest BCUT2D eigenvalue weighted by Gasteiger charge is -2.28. The number of amides is 1. The van der Waals surface area contributed by atoms with Crippen LogP contribution in [0.4, 0.5) is 5.69 Å². The Hall–Kier alpha value is -2.05. The van der Waals surface area contributed by atoms with E-state index in [2.05, 4.69) is 5.32 Å². The van der Waals surface area contributed by atoms with Crippen molar-refractivity contribution < 1.29 is 13.2 Å². The zero-order valence-electron chi connectivity index (χ0n) is 13.4. The summed E-state index contributed by atoms with van der Waals surface area (Å²) in [5.41, 5.74) is 1.33. The van der Waals surface area contributed by atoms with E-state index in [-0.39, 0.29) is 5.91 Å². The van der Waals surface area contributed by atoms with Gasteiger partial charge in [0, 0.05) is 11.6 Å². The number of rotatable bonds is 6. The normalized spacial score (nSPS) is 12.5. The van der Waals surface area contributed by atoms with Crippen LogP contribution in [0.5, 0.6) is 0 Å². The molecular formula is C17H19ClN2O3S. The van der Waals surface area contributed by atoms with E-state index in [4.69, 9.17) is 11.6 Å². The molecule has 0 fully saturated rings. The van der Waals surface area contributed by atoms with Crippen LogP contribution in [0.2, 0.25) is 5.02 Å². The Labute approximate surface area is 147 Å². The minimum atomic E-state index is -3.63. The fourth-order valence-corrected chi connectivity index (χ4v) is 3.63. The molecule has 1 N–H and O–H groups in total. The third-order valence-corrected chi connectivity index (χ3v) is 4.97. The highest BCUT2D eigenvalue weighted by Crippen LogP contribution is 2.23. The molecule has 0 aliphatic heterocycles. The van der Waals surface area contributed by atoms with Crippen LogP contribution in [0.1, 0.15) is 12.5 Å². The Bertz CT molecular complexity index is 792. The van der Waals surface area contributed by atoms with E-state index in [1.807, 2.05) is 30.3 Å². The quantitative estimate of drug-likeness (QED) is 0.854. The Balaban J connectivity index is 2.17. The number of hydrogen-bond acceptors (Lipinski definition) is 3. The van der Waals surface area contributed by atoms with Gasteiger partial charge < -0.3 is 5.32 Å². The van der Waals surface area contributed by atoms with Crippen LogP contribution in [0, 0.1) is 0 Å². The number of carbonyl (C=O) groups is 1. The molecule has 2 rings (SSSR count). The second-order valence-corrected chi connectivity index (χ2v) is 7.71. The van der Waals surface area contributed by atoms with Gasteiger partial charge in [-0.1, -0.05) is 41.9 Å². The summed E-state index contributed by atoms with van der Waals surface area (Å²) >= 11 is 5.84. The number of carbonyl (C=O) groups excluding carboxylic acids is 1. The van der Waals surface area contributed by atoms with Crippen LogP contribution < -0.4 is 9.62 Å². The third-order valence-electron chi connectivity index (χ3n) is 3.48. The zero-order chi connectivity index (χ0) is 17.7. The van der Waals surface area contributed by atoms with Gasteiger partial charge in [0.15, 0.2) is 0 Å². The van der Waals surface area contributed by atoms with Crippen molar-refractivity contribution in [3.63, 3.8) is 0 Å². The fraction of sp³-hybridized carbons (Fsp3) is 0.235. The highest BCUT2D eigenvalue weighted by Gasteiger charge is 2.28. The molecule has 5 nitrogen and oxygen atoms in total. The molecule has 1 atom stereocenters. The molecule has 2 aromatic carbocycles. The predicted molar refractivity (Wildman–Crippen MR) is 96.5 cm³/mol. The third kappa shape index (κ3) is 4.72. The number of anilines is 1. The molecule has 0 aliphatic carbocycles. The van der Waals surface area contributed by atoms with E-state index in [0.29, 0.717) is 17.3 Å². The van der Waals surface area contributed by atoms with Gasteiger partial charge in [0.1, 0.15) is 6.04 Å². The van der Waals surface area contributed by atoms with Crippen LogP contribution >= 0.6 is 11.6 Å². The molecule has 1 amide bonds. The van der Waals surface area contributed by atoms with Crippen molar-refractivity contribution >= 4 is 33.2 Å². The molecule has 0 aromatic heterocycles. The first-order chi connectivity index (χ1) is 11.3. The van der Waals surface area contributed by atoms with Gasteiger partial charge in [-0.3, -0.25) is 9.10 Å². The minimum Gasteiger partial charge on any atom is -0.350 e. The number of nitrogens with zero attached hydrogens (tertiary/aromatic N) is 1. The molecule has 0 bridgehead atoms. The van der Waals surface area contributed by atoms with Crippen LogP contribution in [0.3, 0.4) is 0 Å². The van der Waals surface area contributed by atoms with Crippen molar-refractivity contribution in [1.82, 2.24) is 5.32 Å². The molecule has 0 radical (unpaired) electrons. The smallest absolute Gasteiger partial charge is 0.243 e. The molecule has 0 saturated heterocycles. The lowest BCUT2D eigenvalue weighted by molar-refractivity contribution is -0.122. The Morgan fingerprint density at radius 1 is 1.12 bits per heavy atom. The van der Waals surface area contributed by atoms with E-state index >= 15 is 0 Å². The highest BCUT2D eigenvalue weighted by molar-refractivity contribution is 7.92. The van der Waals surface area contributed by atoms with E-state index < -0.39 is 16.1 Å². The molecule has 0 spiro atoms. The molecule has 0 heterocycles. The SMILES string of the molecule is CC(C(=O)NCc1ccccc1)N(c1ccc(Cl)cc1)S(C)(=O)=O. The molecule has 24 heavy (non-hydrogen) atoms. The van der Waals surface area contributed by atoms with Crippen LogP contribution in [-0.4, -0.2) is 26.6 Å². The number of nitrogens with one attached hydrogen (secondary N) is 1. The summed E-state index contributed by atoms with van der Waals surface area (Å²) < 4.78 is 25.4. The van der Waals surface area contributed by atoms with Gasteiger partial charge in [-0.05, 0) is 36.8 Å². The van der Waals surface area contributed by atoms with Crippen LogP contribution in [0.25, 0.3) is 0 Å². The summed E-state index contributed by atoms with van der Waals surface area (Å²) in [6, 6.07) is 14.9. The molecule has 0 saturated carbocycles. The lowest BCUT2D eigenvalue weighted by atomic mass is 10.2. The highest BCUT2D eigenvalue weighted by atomic mass is 35.5. The van der Waals surface area contributed by atoms with Gasteiger partial charge in [-0.15, -0.1) is 0 Å². The van der Waals surface area contributed by atoms with E-state index in [9.17, 15) is 13.2 Å². The summed E-state index contributed by atoms with van der Waals surface area (Å²) in [6.07, 6.45) is 1.07. The van der Waals surface area contributed by atoms with Crippen molar-refractivity contribution in [2.24, 2.45) is 0 Å². The van der Waals surface area contributed by atoms with Crippen LogP contribution in [-0.2, 0) is 21.4 Å². The summed E-state index contributed by atoms with van der Waals surface area (Å²) in [5, 5.41) is 3.26. The fourth-order valence-electron chi connectivity index (χ4n) is 2.33. The maximum atomic E-state index is 12.4. The minimum absolute atomic E-state index is 0.336. The lowest BCUT2D eigenvalue weighted by Crippen LogP contribution is -2.47. The van der Waals surface area contributed by atoms with Gasteiger partial charge in [-0.25, -0.2) is 8.42 Å². The average Bonchev–Trinajstić information content (AvgIpc) is 2.54. The molecular weight excluding hydrogens is 348 g/mol. The first kappa shape index (κ1) is 18.3. The van der Waals surface area contributed by atoms with Crippen molar-refractivity contribution in [1.29, 1.82) is 0 Å². The van der Waals surface area contributed by atoms with Gasteiger partial charge in [0.2, 0.25) is 15.9 Å². The van der Waals surface area contributed by atoms with E-state index in [0.717, 1.165) is 16.1 Å². The Morgan fingerprint density at radius 3 is 2.25 bits per heavy atom. The number of sulfonamides is 1. The monoisotopic (exact) mass is 366 g/mol. The predicted octanol–water partition coefficient (Wildman–Crippen LogP) is 2.81. The second kappa shape index (κ2) is 7.68. The van der Waals surface area contributed by atoms with Crippen molar-refractivity contribution in [2.75, 3.05) is 10.6 Å². The average molecular weight is 367 g/mol. The summed E-state index contributed by atoms with van der Waals surface area (Å²) in [6.45, 7) is 1.89. The maximum Gasteiger partial charge on any atom is 0.243 e. The molecule has 0 aliphatic rings. The summed E-state index contributed by atoms with van der Waals surface area (Å²) in [4.78, 5) is 12.4. The van der Waals surface area contributed by atoms with Gasteiger partial charge >= 0.3 is 0 Å². The molecule has 2 aromatic rings. The van der Waals surface area contributed by atoms with E-state index in [1.54, 1.807) is 31.2 Å². The first-order valence-corrected chi connectivity index (χ1v) is 9.58. The molecule has 128 valence electrons. The first-order valence-electron chi connectivity index (χ1n) is 7.35. The zero-order valence-corrected chi connectivity index (χ0v) is 15.0. The van der Waals surface area contributed by atoms with Gasteiger partial charge in [0.05, 0.1) is 11.9 Å². The van der Waals surface area contributed by atoms with Crippen molar-refractivity contribution in [2.45, 2.75) is 19.5 Å². The number of halogens is 1. The standard InChI is InChI=1S/C17H19ClN2O3S/c1-13(17(21)19-12-14-6-4-3-5-7-14)20(24(2,22)23)16-10-8-15(18)9-11-16/h3-11,13H,12H2,1-2H3,(H,19,21). The van der Waals surface area contributed by atoms with Crippen molar-refractivity contribution in [3.8, 4) is 0 Å². The largest absolute Gasteiger partial charge is 0.350 e.